The molecule has 148 valence electrons. The maximum atomic E-state index is 12.4. The summed E-state index contributed by atoms with van der Waals surface area (Å²) in [5.41, 5.74) is 1.52. The van der Waals surface area contributed by atoms with E-state index in [1.165, 1.54) is 12.1 Å². The molecule has 0 amide bonds. The molecule has 1 aliphatic heterocycles. The average molecular weight is 403 g/mol. The number of halogens is 4. The zero-order valence-electron chi connectivity index (χ0n) is 14.5. The standard InChI is InChI=1S/C19H21F3N2O2.ClH/c20-19(21,22)26-15-8-9-17(25)14(11-15)12-24-16-7-4-10-23-18(16)13-5-2-1-3-6-13;/h1-3,5-6,8-9,11,16,18,23-25H,4,7,10,12H2;1H/t16-,18-;/m0./s1. The van der Waals surface area contributed by atoms with Gasteiger partial charge in [-0.25, -0.2) is 0 Å². The molecule has 3 rings (SSSR count). The molecule has 4 nitrogen and oxygen atoms in total. The maximum absolute atomic E-state index is 12.4. The molecule has 1 heterocycles. The Kier molecular flexibility index (Phi) is 7.35. The van der Waals surface area contributed by atoms with E-state index in [9.17, 15) is 18.3 Å². The number of rotatable bonds is 5. The molecule has 0 saturated carbocycles. The van der Waals surface area contributed by atoms with Crippen LogP contribution in [-0.2, 0) is 6.54 Å². The van der Waals surface area contributed by atoms with Crippen LogP contribution in [0.5, 0.6) is 11.5 Å². The van der Waals surface area contributed by atoms with Crippen LogP contribution in [0.4, 0.5) is 13.2 Å². The fourth-order valence-corrected chi connectivity index (χ4v) is 3.26. The van der Waals surface area contributed by atoms with Gasteiger partial charge in [0.1, 0.15) is 11.5 Å². The van der Waals surface area contributed by atoms with Crippen LogP contribution in [0.25, 0.3) is 0 Å². The minimum absolute atomic E-state index is 0. The van der Waals surface area contributed by atoms with Crippen molar-refractivity contribution in [3.63, 3.8) is 0 Å². The molecule has 2 atom stereocenters. The molecular formula is C19H22ClF3N2O2. The first-order valence-corrected chi connectivity index (χ1v) is 8.52. The maximum Gasteiger partial charge on any atom is 0.573 e. The summed E-state index contributed by atoms with van der Waals surface area (Å²) in [5.74, 6) is -0.402. The quantitative estimate of drug-likeness (QED) is 0.698. The summed E-state index contributed by atoms with van der Waals surface area (Å²) >= 11 is 0. The number of phenolic OH excluding ortho intramolecular Hbond substituents is 1. The lowest BCUT2D eigenvalue weighted by atomic mass is 9.92. The van der Waals surface area contributed by atoms with Crippen molar-refractivity contribution < 1.29 is 23.0 Å². The summed E-state index contributed by atoms with van der Waals surface area (Å²) in [5, 5.41) is 16.8. The Morgan fingerprint density at radius 1 is 1.15 bits per heavy atom. The molecule has 2 aromatic rings. The molecule has 1 fully saturated rings. The van der Waals surface area contributed by atoms with Crippen LogP contribution in [0.2, 0.25) is 0 Å². The van der Waals surface area contributed by atoms with Crippen molar-refractivity contribution in [2.75, 3.05) is 6.54 Å². The van der Waals surface area contributed by atoms with Gasteiger partial charge in [-0.3, -0.25) is 0 Å². The van der Waals surface area contributed by atoms with Gasteiger partial charge in [0, 0.05) is 24.2 Å². The summed E-state index contributed by atoms with van der Waals surface area (Å²) < 4.78 is 41.1. The number of nitrogens with one attached hydrogen (secondary N) is 2. The highest BCUT2D eigenvalue weighted by Crippen LogP contribution is 2.29. The third kappa shape index (κ3) is 6.02. The number of alkyl halides is 3. The molecule has 8 heteroatoms. The molecule has 1 saturated heterocycles. The Hall–Kier alpha value is -1.96. The highest BCUT2D eigenvalue weighted by atomic mass is 35.5. The van der Waals surface area contributed by atoms with Crippen LogP contribution in [0.15, 0.2) is 48.5 Å². The van der Waals surface area contributed by atoms with E-state index in [1.807, 2.05) is 30.3 Å². The predicted octanol–water partition coefficient (Wildman–Crippen LogP) is 4.30. The van der Waals surface area contributed by atoms with Gasteiger partial charge in [-0.1, -0.05) is 30.3 Å². The van der Waals surface area contributed by atoms with Crippen LogP contribution in [0.1, 0.15) is 30.0 Å². The summed E-state index contributed by atoms with van der Waals surface area (Å²) in [4.78, 5) is 0. The lowest BCUT2D eigenvalue weighted by Crippen LogP contribution is -2.45. The number of phenols is 1. The first-order chi connectivity index (χ1) is 12.4. The van der Waals surface area contributed by atoms with Gasteiger partial charge in [0.25, 0.3) is 0 Å². The normalized spacial score (nSPS) is 20.0. The summed E-state index contributed by atoms with van der Waals surface area (Å²) in [6, 6.07) is 13.8. The smallest absolute Gasteiger partial charge is 0.508 e. The summed E-state index contributed by atoms with van der Waals surface area (Å²) in [7, 11) is 0. The number of benzene rings is 2. The molecule has 27 heavy (non-hydrogen) atoms. The van der Waals surface area contributed by atoms with Gasteiger partial charge in [-0.05, 0) is 43.1 Å². The lowest BCUT2D eigenvalue weighted by molar-refractivity contribution is -0.274. The van der Waals surface area contributed by atoms with E-state index in [0.717, 1.165) is 31.0 Å². The predicted molar refractivity (Wildman–Crippen MR) is 99.1 cm³/mol. The second-order valence-corrected chi connectivity index (χ2v) is 6.31. The molecule has 0 unspecified atom stereocenters. The van der Waals surface area contributed by atoms with Crippen LogP contribution in [0, 0.1) is 0 Å². The Balaban J connectivity index is 0.00000261. The van der Waals surface area contributed by atoms with Gasteiger partial charge in [0.05, 0.1) is 0 Å². The Labute approximate surface area is 162 Å². The molecule has 2 aromatic carbocycles. The van der Waals surface area contributed by atoms with E-state index in [4.69, 9.17) is 0 Å². The zero-order chi connectivity index (χ0) is 18.6. The van der Waals surface area contributed by atoms with Gasteiger partial charge < -0.3 is 20.5 Å². The van der Waals surface area contributed by atoms with E-state index < -0.39 is 6.36 Å². The minimum atomic E-state index is -4.76. The Bertz CT molecular complexity index is 729. The molecule has 0 aromatic heterocycles. The Morgan fingerprint density at radius 3 is 2.59 bits per heavy atom. The summed E-state index contributed by atoms with van der Waals surface area (Å²) in [6.45, 7) is 1.16. The van der Waals surface area contributed by atoms with Crippen molar-refractivity contribution in [1.82, 2.24) is 10.6 Å². The second kappa shape index (κ2) is 9.30. The molecule has 0 radical (unpaired) electrons. The lowest BCUT2D eigenvalue weighted by Gasteiger charge is -2.34. The van der Waals surface area contributed by atoms with Gasteiger partial charge in [0.2, 0.25) is 0 Å². The Morgan fingerprint density at radius 2 is 1.89 bits per heavy atom. The van der Waals surface area contributed by atoms with Crippen LogP contribution < -0.4 is 15.4 Å². The van der Waals surface area contributed by atoms with E-state index >= 15 is 0 Å². The number of aromatic hydroxyl groups is 1. The van der Waals surface area contributed by atoms with Gasteiger partial charge >= 0.3 is 6.36 Å². The van der Waals surface area contributed by atoms with Crippen molar-refractivity contribution in [3.8, 4) is 11.5 Å². The van der Waals surface area contributed by atoms with Crippen LogP contribution >= 0.6 is 12.4 Å². The molecular weight excluding hydrogens is 381 g/mol. The van der Waals surface area contributed by atoms with Gasteiger partial charge in [-0.2, -0.15) is 0 Å². The highest BCUT2D eigenvalue weighted by molar-refractivity contribution is 5.85. The number of hydrogen-bond acceptors (Lipinski definition) is 4. The summed E-state index contributed by atoms with van der Waals surface area (Å²) in [6.07, 6.45) is -2.82. The number of hydrogen-bond donors (Lipinski definition) is 3. The SMILES string of the molecule is Cl.Oc1ccc(OC(F)(F)F)cc1CN[C@H]1CCCN[C@H]1c1ccccc1. The van der Waals surface area contributed by atoms with Crippen molar-refractivity contribution in [2.24, 2.45) is 0 Å². The second-order valence-electron chi connectivity index (χ2n) is 6.31. The first-order valence-electron chi connectivity index (χ1n) is 8.52. The minimum Gasteiger partial charge on any atom is -0.508 e. The first kappa shape index (κ1) is 21.3. The molecule has 0 aliphatic carbocycles. The number of ether oxygens (including phenoxy) is 1. The van der Waals surface area contributed by atoms with Gasteiger partial charge in [0.15, 0.2) is 0 Å². The fraction of sp³-hybridized carbons (Fsp3) is 0.368. The van der Waals surface area contributed by atoms with Crippen LogP contribution in [-0.4, -0.2) is 24.1 Å². The third-order valence-electron chi connectivity index (χ3n) is 4.46. The zero-order valence-corrected chi connectivity index (χ0v) is 15.3. The van der Waals surface area contributed by atoms with Crippen molar-refractivity contribution in [3.05, 3.63) is 59.7 Å². The third-order valence-corrected chi connectivity index (χ3v) is 4.46. The largest absolute Gasteiger partial charge is 0.573 e. The topological polar surface area (TPSA) is 53.5 Å². The molecule has 0 spiro atoms. The van der Waals surface area contributed by atoms with E-state index in [1.54, 1.807) is 0 Å². The highest BCUT2D eigenvalue weighted by Gasteiger charge is 2.31. The fourth-order valence-electron chi connectivity index (χ4n) is 3.26. The van der Waals surface area contributed by atoms with Crippen molar-refractivity contribution in [2.45, 2.75) is 37.8 Å². The molecule has 0 bridgehead atoms. The van der Waals surface area contributed by atoms with E-state index in [2.05, 4.69) is 15.4 Å². The number of piperidine rings is 1. The van der Waals surface area contributed by atoms with E-state index in [0.29, 0.717) is 5.56 Å². The average Bonchev–Trinajstić information content (AvgIpc) is 2.62. The molecule has 1 aliphatic rings. The van der Waals surface area contributed by atoms with E-state index in [-0.39, 0.29) is 42.5 Å². The molecule has 3 N–H and O–H groups in total. The van der Waals surface area contributed by atoms with Gasteiger partial charge in [-0.15, -0.1) is 25.6 Å². The monoisotopic (exact) mass is 402 g/mol. The van der Waals surface area contributed by atoms with Crippen molar-refractivity contribution in [1.29, 1.82) is 0 Å². The van der Waals surface area contributed by atoms with Crippen LogP contribution in [0.3, 0.4) is 0 Å². The van der Waals surface area contributed by atoms with Crippen molar-refractivity contribution >= 4 is 12.4 Å².